The van der Waals surface area contributed by atoms with Crippen LogP contribution in [0.5, 0.6) is 0 Å². The van der Waals surface area contributed by atoms with E-state index < -0.39 is 0 Å². The van der Waals surface area contributed by atoms with Gasteiger partial charge in [-0.2, -0.15) is 0 Å². The van der Waals surface area contributed by atoms with Gasteiger partial charge in [-0.25, -0.2) is 0 Å². The standard InChI is InChI=1S/C20H36N6/c1-23-13-8-18(9-14-23)26-12-6-7-17(15-26)20-22-21-19(24(20)2)16-25-10-4-3-5-11-25/h17-18H,3-16H2,1-2H3/t17-/m1/s1. The Labute approximate surface area is 158 Å². The molecule has 26 heavy (non-hydrogen) atoms. The Morgan fingerprint density at radius 3 is 2.38 bits per heavy atom. The molecule has 3 fully saturated rings. The van der Waals surface area contributed by atoms with Crippen molar-refractivity contribution in [2.75, 3.05) is 46.3 Å². The second kappa shape index (κ2) is 8.36. The maximum atomic E-state index is 4.65. The molecule has 0 bridgehead atoms. The van der Waals surface area contributed by atoms with Crippen molar-refractivity contribution in [1.29, 1.82) is 0 Å². The van der Waals surface area contributed by atoms with Crippen LogP contribution in [0.4, 0.5) is 0 Å². The van der Waals surface area contributed by atoms with Gasteiger partial charge in [-0.05, 0) is 78.3 Å². The van der Waals surface area contributed by atoms with E-state index >= 15 is 0 Å². The SMILES string of the molecule is CN1CCC(N2CCC[C@@H](c3nnc(CN4CCCCC4)n3C)C2)CC1. The lowest BCUT2D eigenvalue weighted by Crippen LogP contribution is -2.47. The normalized spacial score (nSPS) is 27.8. The molecule has 1 aromatic heterocycles. The summed E-state index contributed by atoms with van der Waals surface area (Å²) < 4.78 is 2.30. The Morgan fingerprint density at radius 2 is 1.62 bits per heavy atom. The van der Waals surface area contributed by atoms with Crippen molar-refractivity contribution in [3.63, 3.8) is 0 Å². The van der Waals surface area contributed by atoms with E-state index in [2.05, 4.69) is 43.6 Å². The quantitative estimate of drug-likeness (QED) is 0.822. The summed E-state index contributed by atoms with van der Waals surface area (Å²) in [5.74, 6) is 2.92. The highest BCUT2D eigenvalue weighted by Gasteiger charge is 2.31. The van der Waals surface area contributed by atoms with Crippen LogP contribution in [0.2, 0.25) is 0 Å². The number of nitrogens with zero attached hydrogens (tertiary/aromatic N) is 6. The van der Waals surface area contributed by atoms with E-state index in [0.717, 1.165) is 18.4 Å². The van der Waals surface area contributed by atoms with E-state index in [1.165, 1.54) is 90.0 Å². The highest BCUT2D eigenvalue weighted by molar-refractivity contribution is 5.04. The van der Waals surface area contributed by atoms with Gasteiger partial charge in [0.2, 0.25) is 0 Å². The maximum Gasteiger partial charge on any atom is 0.146 e. The molecule has 6 nitrogen and oxygen atoms in total. The minimum absolute atomic E-state index is 0.552. The lowest BCUT2D eigenvalue weighted by molar-refractivity contribution is 0.0920. The zero-order valence-corrected chi connectivity index (χ0v) is 16.7. The Balaban J connectivity index is 1.39. The average molecular weight is 361 g/mol. The number of likely N-dealkylation sites (tertiary alicyclic amines) is 3. The van der Waals surface area contributed by atoms with Crippen LogP contribution >= 0.6 is 0 Å². The fourth-order valence-corrected chi connectivity index (χ4v) is 5.09. The largest absolute Gasteiger partial charge is 0.317 e. The van der Waals surface area contributed by atoms with E-state index in [1.807, 2.05) is 0 Å². The maximum absolute atomic E-state index is 4.65. The first kappa shape index (κ1) is 18.4. The highest BCUT2D eigenvalue weighted by atomic mass is 15.3. The molecule has 0 N–H and O–H groups in total. The topological polar surface area (TPSA) is 40.4 Å². The second-order valence-electron chi connectivity index (χ2n) is 8.74. The summed E-state index contributed by atoms with van der Waals surface area (Å²) in [7, 11) is 4.43. The van der Waals surface area contributed by atoms with Crippen molar-refractivity contribution in [2.24, 2.45) is 7.05 Å². The monoisotopic (exact) mass is 360 g/mol. The third-order valence-electron chi connectivity index (χ3n) is 6.83. The summed E-state index contributed by atoms with van der Waals surface area (Å²) in [6, 6.07) is 0.773. The minimum atomic E-state index is 0.552. The minimum Gasteiger partial charge on any atom is -0.317 e. The molecule has 0 unspecified atom stereocenters. The first-order valence-corrected chi connectivity index (χ1v) is 10.7. The Bertz CT molecular complexity index is 571. The molecule has 0 radical (unpaired) electrons. The predicted molar refractivity (Wildman–Crippen MR) is 104 cm³/mol. The van der Waals surface area contributed by atoms with Gasteiger partial charge in [0, 0.05) is 25.6 Å². The van der Waals surface area contributed by atoms with Gasteiger partial charge in [-0.1, -0.05) is 6.42 Å². The molecule has 4 rings (SSSR count). The van der Waals surface area contributed by atoms with E-state index in [1.54, 1.807) is 0 Å². The van der Waals surface area contributed by atoms with Gasteiger partial charge >= 0.3 is 0 Å². The molecule has 0 aromatic carbocycles. The highest BCUT2D eigenvalue weighted by Crippen LogP contribution is 2.29. The van der Waals surface area contributed by atoms with Gasteiger partial charge in [-0.15, -0.1) is 10.2 Å². The van der Waals surface area contributed by atoms with E-state index in [-0.39, 0.29) is 0 Å². The van der Waals surface area contributed by atoms with Gasteiger partial charge < -0.3 is 9.47 Å². The van der Waals surface area contributed by atoms with E-state index in [9.17, 15) is 0 Å². The van der Waals surface area contributed by atoms with Crippen LogP contribution < -0.4 is 0 Å². The van der Waals surface area contributed by atoms with Crippen molar-refractivity contribution in [2.45, 2.75) is 63.5 Å². The zero-order chi connectivity index (χ0) is 17.9. The van der Waals surface area contributed by atoms with Gasteiger partial charge in [0.15, 0.2) is 0 Å². The molecule has 3 saturated heterocycles. The molecule has 3 aliphatic heterocycles. The number of hydrogen-bond donors (Lipinski definition) is 0. The zero-order valence-electron chi connectivity index (χ0n) is 16.7. The molecule has 146 valence electrons. The summed E-state index contributed by atoms with van der Waals surface area (Å²) in [4.78, 5) is 7.76. The first-order chi connectivity index (χ1) is 12.7. The summed E-state index contributed by atoms with van der Waals surface area (Å²) in [6.07, 6.45) is 9.25. The molecular weight excluding hydrogens is 324 g/mol. The number of aromatic nitrogens is 3. The molecular formula is C20H36N6. The van der Waals surface area contributed by atoms with E-state index in [4.69, 9.17) is 0 Å². The summed E-state index contributed by atoms with van der Waals surface area (Å²) in [5, 5.41) is 9.23. The van der Waals surface area contributed by atoms with Gasteiger partial charge in [-0.3, -0.25) is 9.80 Å². The predicted octanol–water partition coefficient (Wildman–Crippen LogP) is 2.07. The van der Waals surface area contributed by atoms with Gasteiger partial charge in [0.05, 0.1) is 6.54 Å². The smallest absolute Gasteiger partial charge is 0.146 e. The van der Waals surface area contributed by atoms with Crippen molar-refractivity contribution >= 4 is 0 Å². The summed E-state index contributed by atoms with van der Waals surface area (Å²) in [5.41, 5.74) is 0. The van der Waals surface area contributed by atoms with Crippen LogP contribution in [-0.2, 0) is 13.6 Å². The molecule has 3 aliphatic rings. The number of hydrogen-bond acceptors (Lipinski definition) is 5. The molecule has 1 aromatic rings. The van der Waals surface area contributed by atoms with Gasteiger partial charge in [0.25, 0.3) is 0 Å². The number of rotatable bonds is 4. The first-order valence-electron chi connectivity index (χ1n) is 10.7. The Hall–Kier alpha value is -0.980. The third kappa shape index (κ3) is 4.12. The molecule has 0 spiro atoms. The van der Waals surface area contributed by atoms with Crippen LogP contribution in [0.15, 0.2) is 0 Å². The molecule has 0 aliphatic carbocycles. The molecule has 6 heteroatoms. The molecule has 1 atom stereocenters. The summed E-state index contributed by atoms with van der Waals surface area (Å²) in [6.45, 7) is 8.33. The van der Waals surface area contributed by atoms with Crippen molar-refractivity contribution in [3.8, 4) is 0 Å². The van der Waals surface area contributed by atoms with Crippen LogP contribution in [0.25, 0.3) is 0 Å². The third-order valence-corrected chi connectivity index (χ3v) is 6.83. The van der Waals surface area contributed by atoms with Crippen molar-refractivity contribution < 1.29 is 0 Å². The second-order valence-corrected chi connectivity index (χ2v) is 8.74. The fourth-order valence-electron chi connectivity index (χ4n) is 5.09. The van der Waals surface area contributed by atoms with Crippen molar-refractivity contribution in [3.05, 3.63) is 11.6 Å². The molecule has 0 saturated carbocycles. The molecule has 0 amide bonds. The van der Waals surface area contributed by atoms with Crippen LogP contribution in [0.3, 0.4) is 0 Å². The van der Waals surface area contributed by atoms with E-state index in [0.29, 0.717) is 5.92 Å². The lowest BCUT2D eigenvalue weighted by Gasteiger charge is -2.41. The summed E-state index contributed by atoms with van der Waals surface area (Å²) >= 11 is 0. The van der Waals surface area contributed by atoms with Crippen LogP contribution in [-0.4, -0.2) is 81.8 Å². The lowest BCUT2D eigenvalue weighted by atomic mass is 9.93. The number of piperidine rings is 3. The van der Waals surface area contributed by atoms with Crippen LogP contribution in [0, 0.1) is 0 Å². The van der Waals surface area contributed by atoms with Gasteiger partial charge in [0.1, 0.15) is 11.6 Å². The fraction of sp³-hybridized carbons (Fsp3) is 0.900. The Morgan fingerprint density at radius 1 is 0.846 bits per heavy atom. The average Bonchev–Trinajstić information content (AvgIpc) is 3.04. The molecule has 4 heterocycles. The van der Waals surface area contributed by atoms with Crippen LogP contribution in [0.1, 0.15) is 62.5 Å². The Kier molecular flexibility index (Phi) is 5.91. The van der Waals surface area contributed by atoms with Crippen molar-refractivity contribution in [1.82, 2.24) is 29.5 Å².